The lowest BCUT2D eigenvalue weighted by Crippen LogP contribution is -2.44. The third-order valence-electron chi connectivity index (χ3n) is 3.70. The fraction of sp³-hybridized carbons (Fsp3) is 0.263. The van der Waals surface area contributed by atoms with Gasteiger partial charge in [-0.3, -0.25) is 4.79 Å². The fourth-order valence-electron chi connectivity index (χ4n) is 2.38. The van der Waals surface area contributed by atoms with E-state index in [4.69, 9.17) is 14.2 Å². The molecular formula is C19H20N2O5. The van der Waals surface area contributed by atoms with E-state index in [1.165, 1.54) is 0 Å². The molecule has 0 aliphatic carbocycles. The first kappa shape index (κ1) is 17.6. The maximum atomic E-state index is 11.8. The highest BCUT2D eigenvalue weighted by Gasteiger charge is 2.21. The predicted molar refractivity (Wildman–Crippen MR) is 94.0 cm³/mol. The monoisotopic (exact) mass is 356 g/mol. The maximum absolute atomic E-state index is 11.8. The summed E-state index contributed by atoms with van der Waals surface area (Å²) in [4.78, 5) is 23.4. The van der Waals surface area contributed by atoms with Crippen LogP contribution >= 0.6 is 0 Å². The fourth-order valence-corrected chi connectivity index (χ4v) is 2.38. The minimum Gasteiger partial charge on any atom is -0.486 e. The second-order valence-corrected chi connectivity index (χ2v) is 5.72. The standard InChI is InChI=1S/C19H20N2O5/c22-18(11-21-19(23)25-12-14-6-2-1-3-7-14)20-10-15-13-24-16-8-4-5-9-17(16)26-15/h1-9,15H,10-13H2,(H,20,22)(H,21,23)/t15-/m1/s1. The topological polar surface area (TPSA) is 85.9 Å². The Morgan fingerprint density at radius 1 is 1.00 bits per heavy atom. The minimum absolute atomic E-state index is 0.154. The second-order valence-electron chi connectivity index (χ2n) is 5.72. The van der Waals surface area contributed by atoms with Gasteiger partial charge in [0.15, 0.2) is 11.5 Å². The first-order valence-electron chi connectivity index (χ1n) is 8.30. The van der Waals surface area contributed by atoms with Crippen LogP contribution in [0, 0.1) is 0 Å². The molecule has 136 valence electrons. The number of hydrogen-bond acceptors (Lipinski definition) is 5. The van der Waals surface area contributed by atoms with Crippen molar-refractivity contribution < 1.29 is 23.8 Å². The molecule has 2 aromatic rings. The molecule has 7 heteroatoms. The summed E-state index contributed by atoms with van der Waals surface area (Å²) in [6.07, 6.45) is -0.922. The Labute approximate surface area is 151 Å². The van der Waals surface area contributed by atoms with Crippen LogP contribution in [-0.2, 0) is 16.1 Å². The summed E-state index contributed by atoms with van der Waals surface area (Å²) in [5.41, 5.74) is 0.877. The van der Waals surface area contributed by atoms with Crippen molar-refractivity contribution >= 4 is 12.0 Å². The molecule has 1 aliphatic heterocycles. The van der Waals surface area contributed by atoms with E-state index in [2.05, 4.69) is 10.6 Å². The second kappa shape index (κ2) is 8.75. The lowest BCUT2D eigenvalue weighted by Gasteiger charge is -2.26. The lowest BCUT2D eigenvalue weighted by atomic mass is 10.2. The average Bonchev–Trinajstić information content (AvgIpc) is 2.69. The molecule has 0 saturated heterocycles. The number of rotatable bonds is 6. The van der Waals surface area contributed by atoms with Gasteiger partial charge in [0.2, 0.25) is 5.91 Å². The van der Waals surface area contributed by atoms with Gasteiger partial charge in [0.1, 0.15) is 19.3 Å². The largest absolute Gasteiger partial charge is 0.486 e. The molecule has 0 radical (unpaired) electrons. The number of fused-ring (bicyclic) bond motifs is 1. The maximum Gasteiger partial charge on any atom is 0.407 e. The molecular weight excluding hydrogens is 336 g/mol. The average molecular weight is 356 g/mol. The predicted octanol–water partition coefficient (Wildman–Crippen LogP) is 1.87. The zero-order chi connectivity index (χ0) is 18.2. The third-order valence-corrected chi connectivity index (χ3v) is 3.70. The molecule has 0 bridgehead atoms. The summed E-state index contributed by atoms with van der Waals surface area (Å²) < 4.78 is 16.4. The number of carbonyl (C=O) groups is 2. The van der Waals surface area contributed by atoms with Crippen LogP contribution in [0.5, 0.6) is 11.5 Å². The van der Waals surface area contributed by atoms with Crippen molar-refractivity contribution in [3.8, 4) is 11.5 Å². The molecule has 26 heavy (non-hydrogen) atoms. The molecule has 3 rings (SSSR count). The Balaban J connectivity index is 1.32. The van der Waals surface area contributed by atoms with Gasteiger partial charge in [0, 0.05) is 0 Å². The Hall–Kier alpha value is -3.22. The van der Waals surface area contributed by atoms with Crippen LogP contribution < -0.4 is 20.1 Å². The van der Waals surface area contributed by atoms with Crippen LogP contribution in [0.4, 0.5) is 4.79 Å². The summed E-state index contributed by atoms with van der Waals surface area (Å²) in [6.45, 7) is 0.622. The van der Waals surface area contributed by atoms with Gasteiger partial charge in [-0.05, 0) is 17.7 Å². The van der Waals surface area contributed by atoms with Gasteiger partial charge >= 0.3 is 6.09 Å². The van der Waals surface area contributed by atoms with Crippen molar-refractivity contribution in [2.75, 3.05) is 19.7 Å². The summed E-state index contributed by atoms with van der Waals surface area (Å²) in [7, 11) is 0. The number of nitrogens with one attached hydrogen (secondary N) is 2. The zero-order valence-electron chi connectivity index (χ0n) is 14.1. The molecule has 1 aliphatic rings. The normalized spacial score (nSPS) is 15.0. The van der Waals surface area contributed by atoms with Crippen LogP contribution in [0.25, 0.3) is 0 Å². The molecule has 1 atom stereocenters. The minimum atomic E-state index is -0.643. The Kier molecular flexibility index (Phi) is 5.92. The number of benzene rings is 2. The Morgan fingerprint density at radius 2 is 1.73 bits per heavy atom. The lowest BCUT2D eigenvalue weighted by molar-refractivity contribution is -0.120. The first-order valence-corrected chi connectivity index (χ1v) is 8.30. The molecule has 0 spiro atoms. The van der Waals surface area contributed by atoms with E-state index in [-0.39, 0.29) is 31.7 Å². The SMILES string of the molecule is O=C(CNC(=O)OCc1ccccc1)NC[C@@H]1COc2ccccc2O1. The van der Waals surface area contributed by atoms with Crippen LogP contribution in [-0.4, -0.2) is 37.8 Å². The number of carbonyl (C=O) groups excluding carboxylic acids is 2. The highest BCUT2D eigenvalue weighted by Crippen LogP contribution is 2.30. The number of amides is 2. The van der Waals surface area contributed by atoms with E-state index in [1.54, 1.807) is 0 Å². The van der Waals surface area contributed by atoms with E-state index in [9.17, 15) is 9.59 Å². The highest BCUT2D eigenvalue weighted by atomic mass is 16.6. The number of alkyl carbamates (subject to hydrolysis) is 1. The van der Waals surface area contributed by atoms with Gasteiger partial charge in [0.05, 0.1) is 13.1 Å². The van der Waals surface area contributed by atoms with Crippen LogP contribution in [0.1, 0.15) is 5.56 Å². The molecule has 2 N–H and O–H groups in total. The number of hydrogen-bond donors (Lipinski definition) is 2. The van der Waals surface area contributed by atoms with Gasteiger partial charge in [-0.25, -0.2) is 4.79 Å². The summed E-state index contributed by atoms with van der Waals surface area (Å²) >= 11 is 0. The van der Waals surface area contributed by atoms with Crippen LogP contribution in [0.15, 0.2) is 54.6 Å². The summed E-state index contributed by atoms with van der Waals surface area (Å²) in [5.74, 6) is 1.02. The van der Waals surface area contributed by atoms with E-state index in [0.29, 0.717) is 18.1 Å². The van der Waals surface area contributed by atoms with Crippen molar-refractivity contribution in [2.24, 2.45) is 0 Å². The van der Waals surface area contributed by atoms with Gasteiger partial charge in [-0.2, -0.15) is 0 Å². The molecule has 7 nitrogen and oxygen atoms in total. The van der Waals surface area contributed by atoms with Crippen molar-refractivity contribution in [1.29, 1.82) is 0 Å². The van der Waals surface area contributed by atoms with E-state index < -0.39 is 6.09 Å². The van der Waals surface area contributed by atoms with E-state index in [1.807, 2.05) is 54.6 Å². The molecule has 0 unspecified atom stereocenters. The van der Waals surface area contributed by atoms with Crippen molar-refractivity contribution in [3.63, 3.8) is 0 Å². The van der Waals surface area contributed by atoms with Crippen LogP contribution in [0.3, 0.4) is 0 Å². The van der Waals surface area contributed by atoms with E-state index >= 15 is 0 Å². The zero-order valence-corrected chi connectivity index (χ0v) is 14.1. The molecule has 1 heterocycles. The number of para-hydroxylation sites is 2. The Bertz CT molecular complexity index is 751. The van der Waals surface area contributed by atoms with Crippen LogP contribution in [0.2, 0.25) is 0 Å². The van der Waals surface area contributed by atoms with Gasteiger partial charge in [-0.15, -0.1) is 0 Å². The Morgan fingerprint density at radius 3 is 2.54 bits per heavy atom. The third kappa shape index (κ3) is 5.14. The molecule has 0 aromatic heterocycles. The van der Waals surface area contributed by atoms with Crippen molar-refractivity contribution in [2.45, 2.75) is 12.7 Å². The quantitative estimate of drug-likeness (QED) is 0.825. The smallest absolute Gasteiger partial charge is 0.407 e. The number of ether oxygens (including phenoxy) is 3. The highest BCUT2D eigenvalue weighted by molar-refractivity contribution is 5.82. The summed E-state index contributed by atoms with van der Waals surface area (Å²) in [6, 6.07) is 16.7. The van der Waals surface area contributed by atoms with E-state index in [0.717, 1.165) is 5.56 Å². The van der Waals surface area contributed by atoms with Gasteiger partial charge < -0.3 is 24.8 Å². The summed E-state index contributed by atoms with van der Waals surface area (Å²) in [5, 5.41) is 5.11. The van der Waals surface area contributed by atoms with Gasteiger partial charge in [0.25, 0.3) is 0 Å². The molecule has 0 fully saturated rings. The molecule has 2 aromatic carbocycles. The van der Waals surface area contributed by atoms with Crippen molar-refractivity contribution in [1.82, 2.24) is 10.6 Å². The first-order chi connectivity index (χ1) is 12.7. The van der Waals surface area contributed by atoms with Crippen molar-refractivity contribution in [3.05, 3.63) is 60.2 Å². The molecule has 2 amide bonds. The molecule has 0 saturated carbocycles. The van der Waals surface area contributed by atoms with Gasteiger partial charge in [-0.1, -0.05) is 42.5 Å².